The minimum atomic E-state index is 0.327. The van der Waals surface area contributed by atoms with E-state index in [-0.39, 0.29) is 0 Å². The number of likely N-dealkylation sites (tertiary alicyclic amines) is 2. The van der Waals surface area contributed by atoms with E-state index >= 15 is 0 Å². The maximum atomic E-state index is 12.1. The fraction of sp³-hybridized carbons (Fsp3) is 0.929. The Kier molecular flexibility index (Phi) is 5.01. The van der Waals surface area contributed by atoms with Crippen LogP contribution in [0.25, 0.3) is 0 Å². The molecule has 0 aromatic heterocycles. The van der Waals surface area contributed by atoms with E-state index in [0.717, 1.165) is 39.1 Å². The molecule has 2 atom stereocenters. The van der Waals surface area contributed by atoms with E-state index in [2.05, 4.69) is 11.8 Å². The van der Waals surface area contributed by atoms with E-state index in [1.54, 1.807) is 0 Å². The van der Waals surface area contributed by atoms with Crippen LogP contribution in [0.1, 0.15) is 32.6 Å². The highest BCUT2D eigenvalue weighted by molar-refractivity contribution is 5.78. The summed E-state index contributed by atoms with van der Waals surface area (Å²) >= 11 is 0. The molecule has 18 heavy (non-hydrogen) atoms. The average molecular weight is 253 g/mol. The minimum Gasteiger partial charge on any atom is -0.342 e. The van der Waals surface area contributed by atoms with Gasteiger partial charge in [-0.3, -0.25) is 9.69 Å². The summed E-state index contributed by atoms with van der Waals surface area (Å²) in [6.07, 6.45) is 4.69. The third-order valence-corrected chi connectivity index (χ3v) is 4.62. The lowest BCUT2D eigenvalue weighted by Gasteiger charge is -2.38. The predicted molar refractivity (Wildman–Crippen MR) is 73.2 cm³/mol. The number of nitrogens with two attached hydrogens (primary N) is 1. The van der Waals surface area contributed by atoms with Gasteiger partial charge < -0.3 is 10.6 Å². The van der Waals surface area contributed by atoms with Gasteiger partial charge in [0.1, 0.15) is 0 Å². The van der Waals surface area contributed by atoms with Gasteiger partial charge in [-0.25, -0.2) is 0 Å². The van der Waals surface area contributed by atoms with Crippen molar-refractivity contribution >= 4 is 5.91 Å². The van der Waals surface area contributed by atoms with E-state index in [9.17, 15) is 4.79 Å². The van der Waals surface area contributed by atoms with Crippen LogP contribution in [0.15, 0.2) is 0 Å². The van der Waals surface area contributed by atoms with E-state index < -0.39 is 0 Å². The van der Waals surface area contributed by atoms with Crippen molar-refractivity contribution in [3.8, 4) is 0 Å². The first kappa shape index (κ1) is 13.8. The zero-order valence-electron chi connectivity index (χ0n) is 11.6. The van der Waals surface area contributed by atoms with Gasteiger partial charge in [0.15, 0.2) is 0 Å². The van der Waals surface area contributed by atoms with Crippen molar-refractivity contribution in [3.63, 3.8) is 0 Å². The highest BCUT2D eigenvalue weighted by Crippen LogP contribution is 2.25. The Morgan fingerprint density at radius 3 is 2.56 bits per heavy atom. The van der Waals surface area contributed by atoms with Crippen molar-refractivity contribution in [1.82, 2.24) is 9.80 Å². The molecule has 0 bridgehead atoms. The molecule has 2 fully saturated rings. The lowest BCUT2D eigenvalue weighted by Crippen LogP contribution is -2.47. The maximum absolute atomic E-state index is 12.1. The van der Waals surface area contributed by atoms with Gasteiger partial charge in [-0.05, 0) is 44.2 Å². The number of amides is 1. The normalized spacial score (nSPS) is 29.8. The van der Waals surface area contributed by atoms with Crippen molar-refractivity contribution in [3.05, 3.63) is 0 Å². The zero-order chi connectivity index (χ0) is 13.0. The molecule has 2 rings (SSSR count). The topological polar surface area (TPSA) is 49.6 Å². The quantitative estimate of drug-likeness (QED) is 0.810. The lowest BCUT2D eigenvalue weighted by molar-refractivity contribution is -0.132. The first-order valence-corrected chi connectivity index (χ1v) is 7.44. The Hall–Kier alpha value is -0.610. The molecule has 0 aliphatic carbocycles. The third-order valence-electron chi connectivity index (χ3n) is 4.62. The number of hydrogen-bond donors (Lipinski definition) is 1. The van der Waals surface area contributed by atoms with Crippen LogP contribution in [0.5, 0.6) is 0 Å². The molecule has 2 unspecified atom stereocenters. The molecule has 2 saturated heterocycles. The zero-order valence-corrected chi connectivity index (χ0v) is 11.6. The van der Waals surface area contributed by atoms with Crippen LogP contribution in [-0.4, -0.2) is 55.0 Å². The van der Waals surface area contributed by atoms with Crippen LogP contribution >= 0.6 is 0 Å². The van der Waals surface area contributed by atoms with Gasteiger partial charge in [0.05, 0.1) is 6.54 Å². The molecule has 4 nitrogen and oxygen atoms in total. The number of rotatable bonds is 4. The van der Waals surface area contributed by atoms with Crippen molar-refractivity contribution in [1.29, 1.82) is 0 Å². The average Bonchev–Trinajstić information content (AvgIpc) is 2.92. The molecule has 2 aliphatic rings. The third kappa shape index (κ3) is 3.23. The van der Waals surface area contributed by atoms with E-state index in [1.807, 2.05) is 4.90 Å². The number of hydrogen-bond acceptors (Lipinski definition) is 3. The first-order valence-electron chi connectivity index (χ1n) is 7.44. The highest BCUT2D eigenvalue weighted by atomic mass is 16.2. The summed E-state index contributed by atoms with van der Waals surface area (Å²) in [4.78, 5) is 16.5. The summed E-state index contributed by atoms with van der Waals surface area (Å²) in [5, 5.41) is 0. The fourth-order valence-electron chi connectivity index (χ4n) is 3.33. The summed E-state index contributed by atoms with van der Waals surface area (Å²) < 4.78 is 0. The molecule has 2 heterocycles. The van der Waals surface area contributed by atoms with Gasteiger partial charge in [0.25, 0.3) is 0 Å². The van der Waals surface area contributed by atoms with Gasteiger partial charge in [-0.2, -0.15) is 0 Å². The number of piperidine rings is 1. The highest BCUT2D eigenvalue weighted by Gasteiger charge is 2.29. The van der Waals surface area contributed by atoms with Crippen molar-refractivity contribution in [2.24, 2.45) is 17.6 Å². The monoisotopic (exact) mass is 253 g/mol. The van der Waals surface area contributed by atoms with Crippen molar-refractivity contribution < 1.29 is 4.79 Å². The van der Waals surface area contributed by atoms with Crippen molar-refractivity contribution in [2.75, 3.05) is 39.3 Å². The van der Waals surface area contributed by atoms with Crippen LogP contribution in [-0.2, 0) is 4.79 Å². The minimum absolute atomic E-state index is 0.327. The molecule has 1 amide bonds. The standard InChI is InChI=1S/C14H27N3O/c1-2-12-10-16(8-5-13(12)9-15)11-14(18)17-6-3-4-7-17/h12-13H,2-11,15H2,1H3. The molecular weight excluding hydrogens is 226 g/mol. The molecule has 0 aromatic carbocycles. The molecule has 2 N–H and O–H groups in total. The van der Waals surface area contributed by atoms with Gasteiger partial charge >= 0.3 is 0 Å². The van der Waals surface area contributed by atoms with E-state index in [4.69, 9.17) is 5.73 Å². The molecule has 0 radical (unpaired) electrons. The summed E-state index contributed by atoms with van der Waals surface area (Å²) in [7, 11) is 0. The van der Waals surface area contributed by atoms with Crippen molar-refractivity contribution in [2.45, 2.75) is 32.6 Å². The van der Waals surface area contributed by atoms with Crippen LogP contribution in [0.3, 0.4) is 0 Å². The Morgan fingerprint density at radius 2 is 1.94 bits per heavy atom. The fourth-order valence-corrected chi connectivity index (χ4v) is 3.33. The smallest absolute Gasteiger partial charge is 0.236 e. The van der Waals surface area contributed by atoms with Crippen LogP contribution in [0.2, 0.25) is 0 Å². The van der Waals surface area contributed by atoms with E-state index in [1.165, 1.54) is 19.3 Å². The second-order valence-electron chi connectivity index (χ2n) is 5.78. The summed E-state index contributed by atoms with van der Waals surface area (Å²) in [5.41, 5.74) is 5.82. The van der Waals surface area contributed by atoms with Crippen LogP contribution < -0.4 is 5.73 Å². The van der Waals surface area contributed by atoms with Crippen LogP contribution in [0.4, 0.5) is 0 Å². The van der Waals surface area contributed by atoms with Gasteiger partial charge in [0, 0.05) is 19.6 Å². The largest absolute Gasteiger partial charge is 0.342 e. The Morgan fingerprint density at radius 1 is 1.22 bits per heavy atom. The van der Waals surface area contributed by atoms with Gasteiger partial charge in [-0.15, -0.1) is 0 Å². The SMILES string of the molecule is CCC1CN(CC(=O)N2CCCC2)CCC1CN. The predicted octanol–water partition coefficient (Wildman–Crippen LogP) is 0.916. The molecule has 0 spiro atoms. The van der Waals surface area contributed by atoms with E-state index in [0.29, 0.717) is 24.3 Å². The first-order chi connectivity index (χ1) is 8.74. The second kappa shape index (κ2) is 6.53. The number of carbonyl (C=O) groups excluding carboxylic acids is 1. The molecule has 0 aromatic rings. The Labute approximate surface area is 110 Å². The molecule has 104 valence electrons. The molecule has 0 saturated carbocycles. The maximum Gasteiger partial charge on any atom is 0.236 e. The summed E-state index contributed by atoms with van der Waals surface area (Å²) in [5.74, 6) is 1.66. The Balaban J connectivity index is 1.81. The summed E-state index contributed by atoms with van der Waals surface area (Å²) in [6, 6.07) is 0. The number of nitrogens with zero attached hydrogens (tertiary/aromatic N) is 2. The molecule has 4 heteroatoms. The van der Waals surface area contributed by atoms with Gasteiger partial charge in [0.2, 0.25) is 5.91 Å². The molecular formula is C14H27N3O. The van der Waals surface area contributed by atoms with Crippen LogP contribution in [0, 0.1) is 11.8 Å². The number of carbonyl (C=O) groups is 1. The Bertz CT molecular complexity index is 276. The van der Waals surface area contributed by atoms with Gasteiger partial charge in [-0.1, -0.05) is 13.3 Å². The molecule has 2 aliphatic heterocycles. The second-order valence-corrected chi connectivity index (χ2v) is 5.78. The summed E-state index contributed by atoms with van der Waals surface area (Å²) in [6.45, 7) is 7.68. The lowest BCUT2D eigenvalue weighted by atomic mass is 9.84.